The number of benzene rings is 2. The van der Waals surface area contributed by atoms with Crippen LogP contribution in [-0.2, 0) is 17.9 Å². The summed E-state index contributed by atoms with van der Waals surface area (Å²) in [4.78, 5) is 0. The number of hydrogen-bond donors (Lipinski definition) is 2. The molecule has 0 saturated carbocycles. The smallest absolute Gasteiger partial charge is 0.119 e. The van der Waals surface area contributed by atoms with E-state index >= 15 is 0 Å². The molecule has 24 heavy (non-hydrogen) atoms. The predicted molar refractivity (Wildman–Crippen MR) is 100 cm³/mol. The highest BCUT2D eigenvalue weighted by molar-refractivity contribution is 7.88. The molecule has 5 heteroatoms. The van der Waals surface area contributed by atoms with Crippen molar-refractivity contribution >= 4 is 11.4 Å². The third-order valence-electron chi connectivity index (χ3n) is 3.72. The van der Waals surface area contributed by atoms with Gasteiger partial charge in [0.2, 0.25) is 0 Å². The van der Waals surface area contributed by atoms with Crippen molar-refractivity contribution in [3.05, 3.63) is 65.7 Å². The summed E-state index contributed by atoms with van der Waals surface area (Å²) in [6, 6.07) is 18.5. The summed E-state index contributed by atoms with van der Waals surface area (Å²) in [7, 11) is 0. The molecule has 0 saturated heterocycles. The standard InChI is InChI=1S/C19H26N2O2S/c1-15(14-23-19-7-5-4-6-8-19)20-13-17-9-11-18(12-10-17)16(2)21-24(3)22/h4-12,15-16,20-21H,13-14H2,1-3H3/t15?,16-,24?/m1/s1. The fraction of sp³-hybridized carbons (Fsp3) is 0.368. The van der Waals surface area contributed by atoms with Crippen LogP contribution < -0.4 is 14.8 Å². The Kier molecular flexibility index (Phi) is 7.59. The quantitative estimate of drug-likeness (QED) is 0.685. The Morgan fingerprint density at radius 3 is 2.33 bits per heavy atom. The molecular weight excluding hydrogens is 320 g/mol. The Hall–Kier alpha value is -1.53. The van der Waals surface area contributed by atoms with Crippen LogP contribution >= 0.6 is 0 Å². The minimum atomic E-state index is -1.01. The van der Waals surface area contributed by atoms with E-state index in [1.54, 1.807) is 6.26 Å². The second kappa shape index (κ2) is 9.69. The van der Waals surface area contributed by atoms with Gasteiger partial charge in [0, 0.05) is 23.9 Å². The normalized spacial score (nSPS) is 14.8. The van der Waals surface area contributed by atoms with Crippen molar-refractivity contribution in [3.63, 3.8) is 0 Å². The number of ether oxygens (including phenoxy) is 1. The van der Waals surface area contributed by atoms with Crippen molar-refractivity contribution in [2.45, 2.75) is 32.5 Å². The van der Waals surface area contributed by atoms with Crippen LogP contribution in [0.3, 0.4) is 0 Å². The van der Waals surface area contributed by atoms with Gasteiger partial charge in [0.1, 0.15) is 18.6 Å². The zero-order chi connectivity index (χ0) is 17.4. The molecule has 4 nitrogen and oxygen atoms in total. The summed E-state index contributed by atoms with van der Waals surface area (Å²) in [6.07, 6.45) is 1.65. The molecule has 0 amide bonds. The van der Waals surface area contributed by atoms with Crippen LogP contribution in [0.5, 0.6) is 5.75 Å². The van der Waals surface area contributed by atoms with Gasteiger partial charge in [0.25, 0.3) is 0 Å². The Morgan fingerprint density at radius 1 is 1.04 bits per heavy atom. The van der Waals surface area contributed by atoms with Gasteiger partial charge in [-0.15, -0.1) is 4.72 Å². The van der Waals surface area contributed by atoms with Crippen molar-refractivity contribution in [2.24, 2.45) is 0 Å². The van der Waals surface area contributed by atoms with Crippen molar-refractivity contribution in [1.29, 1.82) is 0 Å². The lowest BCUT2D eigenvalue weighted by Gasteiger charge is -2.16. The molecule has 2 unspecified atom stereocenters. The summed E-state index contributed by atoms with van der Waals surface area (Å²) >= 11 is -1.01. The average molecular weight is 346 g/mol. The number of nitrogens with one attached hydrogen (secondary N) is 2. The van der Waals surface area contributed by atoms with Gasteiger partial charge in [-0.3, -0.25) is 0 Å². The molecule has 2 aromatic rings. The van der Waals surface area contributed by atoms with E-state index in [0.29, 0.717) is 6.61 Å². The first kappa shape index (κ1) is 18.8. The van der Waals surface area contributed by atoms with Crippen LogP contribution in [0, 0.1) is 0 Å². The molecule has 0 aliphatic rings. The van der Waals surface area contributed by atoms with Crippen LogP contribution in [0.2, 0.25) is 0 Å². The highest BCUT2D eigenvalue weighted by Crippen LogP contribution is 2.14. The van der Waals surface area contributed by atoms with Crippen molar-refractivity contribution in [3.8, 4) is 5.75 Å². The lowest BCUT2D eigenvalue weighted by atomic mass is 10.1. The number of rotatable bonds is 9. The maximum atomic E-state index is 11.2. The highest BCUT2D eigenvalue weighted by Gasteiger charge is 2.09. The average Bonchev–Trinajstić information content (AvgIpc) is 2.59. The molecule has 2 aromatic carbocycles. The van der Waals surface area contributed by atoms with Gasteiger partial charge in [-0.05, 0) is 37.1 Å². The van der Waals surface area contributed by atoms with Crippen LogP contribution in [0.4, 0.5) is 0 Å². The third-order valence-corrected chi connectivity index (χ3v) is 4.41. The van der Waals surface area contributed by atoms with E-state index in [-0.39, 0.29) is 12.1 Å². The van der Waals surface area contributed by atoms with E-state index < -0.39 is 11.4 Å². The molecule has 0 radical (unpaired) electrons. The summed E-state index contributed by atoms with van der Waals surface area (Å²) in [5.74, 6) is 0.894. The fourth-order valence-corrected chi connectivity index (χ4v) is 2.96. The van der Waals surface area contributed by atoms with Gasteiger partial charge in [-0.1, -0.05) is 42.5 Å². The van der Waals surface area contributed by atoms with Crippen LogP contribution in [-0.4, -0.2) is 23.5 Å². The van der Waals surface area contributed by atoms with E-state index in [4.69, 9.17) is 4.74 Å². The second-order valence-electron chi connectivity index (χ2n) is 5.94. The fourth-order valence-electron chi connectivity index (χ4n) is 2.33. The predicted octanol–water partition coefficient (Wildman–Crippen LogP) is 3.19. The van der Waals surface area contributed by atoms with Crippen LogP contribution in [0.25, 0.3) is 0 Å². The van der Waals surface area contributed by atoms with E-state index in [9.17, 15) is 4.55 Å². The molecule has 2 rings (SSSR count). The molecule has 0 bridgehead atoms. The monoisotopic (exact) mass is 346 g/mol. The first-order chi connectivity index (χ1) is 11.5. The molecule has 0 fully saturated rings. The third kappa shape index (κ3) is 6.53. The summed E-state index contributed by atoms with van der Waals surface area (Å²) in [6.45, 7) is 5.55. The Labute approximate surface area is 147 Å². The number of para-hydroxylation sites is 1. The maximum Gasteiger partial charge on any atom is 0.119 e. The number of hydrogen-bond acceptors (Lipinski definition) is 4. The van der Waals surface area contributed by atoms with Crippen molar-refractivity contribution < 1.29 is 9.29 Å². The molecule has 0 aromatic heterocycles. The van der Waals surface area contributed by atoms with Gasteiger partial charge in [-0.25, -0.2) is 0 Å². The van der Waals surface area contributed by atoms with Gasteiger partial charge in [0.15, 0.2) is 0 Å². The van der Waals surface area contributed by atoms with Gasteiger partial charge >= 0.3 is 0 Å². The van der Waals surface area contributed by atoms with Gasteiger partial charge in [-0.2, -0.15) is 0 Å². The Balaban J connectivity index is 1.75. The zero-order valence-electron chi connectivity index (χ0n) is 14.5. The van der Waals surface area contributed by atoms with Gasteiger partial charge in [0.05, 0.1) is 6.04 Å². The summed E-state index contributed by atoms with van der Waals surface area (Å²) in [5, 5.41) is 3.46. The first-order valence-electron chi connectivity index (χ1n) is 8.14. The molecule has 0 aliphatic carbocycles. The van der Waals surface area contributed by atoms with E-state index in [1.807, 2.05) is 37.3 Å². The molecule has 130 valence electrons. The largest absolute Gasteiger partial charge is 0.598 e. The van der Waals surface area contributed by atoms with E-state index in [1.165, 1.54) is 5.56 Å². The van der Waals surface area contributed by atoms with Crippen molar-refractivity contribution in [1.82, 2.24) is 10.0 Å². The molecule has 3 atom stereocenters. The van der Waals surface area contributed by atoms with Crippen molar-refractivity contribution in [2.75, 3.05) is 12.9 Å². The second-order valence-corrected chi connectivity index (χ2v) is 7.09. The minimum absolute atomic E-state index is 0.0797. The van der Waals surface area contributed by atoms with Crippen LogP contribution in [0.1, 0.15) is 31.0 Å². The van der Waals surface area contributed by atoms with Crippen LogP contribution in [0.15, 0.2) is 54.6 Å². The first-order valence-corrected chi connectivity index (χ1v) is 9.70. The lowest BCUT2D eigenvalue weighted by molar-refractivity contribution is 0.272. The molecule has 0 aliphatic heterocycles. The molecule has 0 spiro atoms. The molecular formula is C19H26N2O2S. The maximum absolute atomic E-state index is 11.2. The molecule has 2 N–H and O–H groups in total. The SMILES string of the molecule is CC(COc1ccccc1)NCc1ccc([C@@H](C)N[S+](C)[O-])cc1. The Morgan fingerprint density at radius 2 is 1.71 bits per heavy atom. The summed E-state index contributed by atoms with van der Waals surface area (Å²) < 4.78 is 20.0. The van der Waals surface area contributed by atoms with Gasteiger partial charge < -0.3 is 14.6 Å². The topological polar surface area (TPSA) is 56.3 Å². The Bertz CT molecular complexity index is 590. The zero-order valence-corrected chi connectivity index (χ0v) is 15.3. The lowest BCUT2D eigenvalue weighted by Crippen LogP contribution is -2.31. The molecule has 0 heterocycles. The minimum Gasteiger partial charge on any atom is -0.598 e. The summed E-state index contributed by atoms with van der Waals surface area (Å²) in [5.41, 5.74) is 2.35. The van der Waals surface area contributed by atoms with E-state index in [0.717, 1.165) is 17.9 Å². The van der Waals surface area contributed by atoms with E-state index in [2.05, 4.69) is 41.2 Å². The highest BCUT2D eigenvalue weighted by atomic mass is 32.2.